The summed E-state index contributed by atoms with van der Waals surface area (Å²) in [7, 11) is 0. The molecule has 0 aromatic heterocycles. The maximum atomic E-state index is 5.77. The van der Waals surface area contributed by atoms with Gasteiger partial charge in [-0.1, -0.05) is 18.5 Å². The summed E-state index contributed by atoms with van der Waals surface area (Å²) in [6, 6.07) is 0.397. The number of rotatable bonds is 1. The van der Waals surface area contributed by atoms with E-state index in [1.54, 1.807) is 0 Å². The molecule has 1 radical (unpaired) electrons. The molecular formula is C8H11ClN. The van der Waals surface area contributed by atoms with E-state index in [1.807, 2.05) is 13.0 Å². The number of allylic oxidation sites excluding steroid dienone is 3. The molecule has 0 saturated carbocycles. The van der Waals surface area contributed by atoms with Crippen molar-refractivity contribution in [1.82, 2.24) is 5.32 Å². The number of hydrogen-bond acceptors (Lipinski definition) is 1. The van der Waals surface area contributed by atoms with Gasteiger partial charge in [0.15, 0.2) is 0 Å². The summed E-state index contributed by atoms with van der Waals surface area (Å²) in [5.74, 6) is 0. The highest BCUT2D eigenvalue weighted by molar-refractivity contribution is 6.30. The van der Waals surface area contributed by atoms with Crippen LogP contribution in [0.3, 0.4) is 0 Å². The molecule has 1 unspecified atom stereocenters. The SMILES string of the molecule is CCC1C=C(Cl)[C]=C(C)N1. The smallest absolute Gasteiger partial charge is 0.0483 e. The molecule has 1 aliphatic rings. The van der Waals surface area contributed by atoms with E-state index in [4.69, 9.17) is 11.6 Å². The van der Waals surface area contributed by atoms with Crippen LogP contribution in [0.15, 0.2) is 16.8 Å². The lowest BCUT2D eigenvalue weighted by atomic mass is 10.1. The Hall–Kier alpha value is -0.430. The van der Waals surface area contributed by atoms with Gasteiger partial charge in [0, 0.05) is 22.8 Å². The second-order valence-electron chi connectivity index (χ2n) is 2.42. The normalized spacial score (nSPS) is 24.9. The van der Waals surface area contributed by atoms with Crippen molar-refractivity contribution in [3.8, 4) is 0 Å². The molecule has 1 nitrogen and oxygen atoms in total. The fourth-order valence-electron chi connectivity index (χ4n) is 0.973. The summed E-state index contributed by atoms with van der Waals surface area (Å²) < 4.78 is 0. The van der Waals surface area contributed by atoms with Crippen LogP contribution in [0.2, 0.25) is 0 Å². The van der Waals surface area contributed by atoms with E-state index in [0.29, 0.717) is 6.04 Å². The Morgan fingerprint density at radius 1 is 1.80 bits per heavy atom. The molecule has 0 spiro atoms. The summed E-state index contributed by atoms with van der Waals surface area (Å²) in [5.41, 5.74) is 1.03. The lowest BCUT2D eigenvalue weighted by molar-refractivity contribution is 0.637. The summed E-state index contributed by atoms with van der Waals surface area (Å²) in [6.45, 7) is 4.09. The van der Waals surface area contributed by atoms with Gasteiger partial charge in [-0.2, -0.15) is 0 Å². The maximum absolute atomic E-state index is 5.77. The second kappa shape index (κ2) is 3.11. The van der Waals surface area contributed by atoms with Crippen LogP contribution in [-0.4, -0.2) is 6.04 Å². The van der Waals surface area contributed by atoms with Crippen LogP contribution in [0.4, 0.5) is 0 Å². The first kappa shape index (κ1) is 7.67. The van der Waals surface area contributed by atoms with Crippen molar-refractivity contribution in [2.75, 3.05) is 0 Å². The fraction of sp³-hybridized carbons (Fsp3) is 0.500. The minimum atomic E-state index is 0.397. The van der Waals surface area contributed by atoms with E-state index in [0.717, 1.165) is 17.2 Å². The van der Waals surface area contributed by atoms with Crippen molar-refractivity contribution in [3.05, 3.63) is 22.9 Å². The Bertz CT molecular complexity index is 182. The van der Waals surface area contributed by atoms with Crippen LogP contribution >= 0.6 is 11.6 Å². The van der Waals surface area contributed by atoms with Crippen molar-refractivity contribution < 1.29 is 0 Å². The minimum Gasteiger partial charge on any atom is -0.382 e. The van der Waals surface area contributed by atoms with Gasteiger partial charge < -0.3 is 5.32 Å². The van der Waals surface area contributed by atoms with Gasteiger partial charge >= 0.3 is 0 Å². The molecular weight excluding hydrogens is 146 g/mol. The molecule has 1 N–H and O–H groups in total. The zero-order valence-electron chi connectivity index (χ0n) is 6.24. The van der Waals surface area contributed by atoms with Crippen LogP contribution in [-0.2, 0) is 0 Å². The molecule has 0 fully saturated rings. The summed E-state index contributed by atoms with van der Waals surface area (Å²) in [6.07, 6.45) is 6.02. The number of dihydropyridines is 1. The van der Waals surface area contributed by atoms with Gasteiger partial charge in [0.1, 0.15) is 0 Å². The third kappa shape index (κ3) is 1.77. The zero-order valence-corrected chi connectivity index (χ0v) is 7.00. The molecule has 0 bridgehead atoms. The van der Waals surface area contributed by atoms with Crippen LogP contribution < -0.4 is 5.32 Å². The quantitative estimate of drug-likeness (QED) is 0.614. The fourth-order valence-corrected chi connectivity index (χ4v) is 1.27. The summed E-state index contributed by atoms with van der Waals surface area (Å²) in [4.78, 5) is 0. The van der Waals surface area contributed by atoms with Crippen molar-refractivity contribution in [2.45, 2.75) is 26.3 Å². The van der Waals surface area contributed by atoms with Gasteiger partial charge in [0.2, 0.25) is 0 Å². The van der Waals surface area contributed by atoms with Gasteiger partial charge in [-0.3, -0.25) is 0 Å². The van der Waals surface area contributed by atoms with E-state index in [2.05, 4.69) is 18.3 Å². The van der Waals surface area contributed by atoms with E-state index in [9.17, 15) is 0 Å². The lowest BCUT2D eigenvalue weighted by Crippen LogP contribution is -2.27. The van der Waals surface area contributed by atoms with E-state index >= 15 is 0 Å². The Labute approximate surface area is 66.8 Å². The van der Waals surface area contributed by atoms with E-state index in [-0.39, 0.29) is 0 Å². The highest BCUT2D eigenvalue weighted by atomic mass is 35.5. The largest absolute Gasteiger partial charge is 0.382 e. The topological polar surface area (TPSA) is 12.0 Å². The summed E-state index contributed by atoms with van der Waals surface area (Å²) in [5, 5.41) is 3.97. The molecule has 1 heterocycles. The van der Waals surface area contributed by atoms with E-state index in [1.165, 1.54) is 0 Å². The van der Waals surface area contributed by atoms with Crippen molar-refractivity contribution in [2.24, 2.45) is 0 Å². The Morgan fingerprint density at radius 2 is 2.50 bits per heavy atom. The van der Waals surface area contributed by atoms with Gasteiger partial charge in [-0.15, -0.1) is 0 Å². The predicted molar refractivity (Wildman–Crippen MR) is 43.6 cm³/mol. The number of halogens is 1. The van der Waals surface area contributed by atoms with Crippen LogP contribution in [0.1, 0.15) is 20.3 Å². The predicted octanol–water partition coefficient (Wildman–Crippen LogP) is 2.20. The van der Waals surface area contributed by atoms with Crippen molar-refractivity contribution in [1.29, 1.82) is 0 Å². The molecule has 0 aromatic carbocycles. The van der Waals surface area contributed by atoms with Gasteiger partial charge in [0.25, 0.3) is 0 Å². The Balaban J connectivity index is 2.67. The van der Waals surface area contributed by atoms with Crippen molar-refractivity contribution in [3.63, 3.8) is 0 Å². The van der Waals surface area contributed by atoms with Crippen LogP contribution in [0, 0.1) is 6.08 Å². The monoisotopic (exact) mass is 156 g/mol. The Kier molecular flexibility index (Phi) is 2.39. The third-order valence-electron chi connectivity index (χ3n) is 1.50. The standard InChI is InChI=1S/C8H11ClN/c1-3-8-5-7(9)4-6(2)10-8/h5,8,10H,3H2,1-2H3. The molecule has 0 amide bonds. The first-order valence-corrected chi connectivity index (χ1v) is 3.84. The third-order valence-corrected chi connectivity index (χ3v) is 1.72. The number of nitrogens with one attached hydrogen (secondary N) is 1. The van der Waals surface area contributed by atoms with Gasteiger partial charge in [-0.05, 0) is 19.4 Å². The molecule has 2 heteroatoms. The van der Waals surface area contributed by atoms with Gasteiger partial charge in [-0.25, -0.2) is 0 Å². The molecule has 55 valence electrons. The highest BCUT2D eigenvalue weighted by Gasteiger charge is 2.07. The van der Waals surface area contributed by atoms with E-state index < -0.39 is 0 Å². The summed E-state index contributed by atoms with van der Waals surface area (Å²) >= 11 is 5.77. The first-order valence-electron chi connectivity index (χ1n) is 3.47. The Morgan fingerprint density at radius 3 is 3.00 bits per heavy atom. The molecule has 0 aliphatic carbocycles. The van der Waals surface area contributed by atoms with Crippen LogP contribution in [0.5, 0.6) is 0 Å². The van der Waals surface area contributed by atoms with Gasteiger partial charge in [0.05, 0.1) is 0 Å². The average molecular weight is 157 g/mol. The lowest BCUT2D eigenvalue weighted by Gasteiger charge is -2.18. The molecule has 1 atom stereocenters. The molecule has 1 rings (SSSR count). The second-order valence-corrected chi connectivity index (χ2v) is 2.83. The molecule has 10 heavy (non-hydrogen) atoms. The highest BCUT2D eigenvalue weighted by Crippen LogP contribution is 2.13. The zero-order chi connectivity index (χ0) is 7.56. The maximum Gasteiger partial charge on any atom is 0.0483 e. The molecule has 0 saturated heterocycles. The molecule has 1 aliphatic heterocycles. The first-order chi connectivity index (χ1) is 4.72. The van der Waals surface area contributed by atoms with Crippen molar-refractivity contribution >= 4 is 11.6 Å². The average Bonchev–Trinajstić information content (AvgIpc) is 1.85. The minimum absolute atomic E-state index is 0.397. The number of hydrogen-bond donors (Lipinski definition) is 1. The molecule has 0 aromatic rings. The van der Waals surface area contributed by atoms with Crippen LogP contribution in [0.25, 0.3) is 0 Å².